The smallest absolute Gasteiger partial charge is 0.0900 e. The van der Waals surface area contributed by atoms with Crippen LogP contribution in [0.5, 0.6) is 0 Å². The van der Waals surface area contributed by atoms with E-state index in [1.165, 1.54) is 0 Å². The molecule has 1 fully saturated rings. The number of rotatable bonds is 7. The number of aliphatic hydroxyl groups is 1. The molecule has 100 valence electrons. The number of piperidine rings is 1. The van der Waals surface area contributed by atoms with Crippen molar-refractivity contribution >= 4 is 5.71 Å². The molecule has 1 aliphatic rings. The summed E-state index contributed by atoms with van der Waals surface area (Å²) in [6.45, 7) is 5.61. The van der Waals surface area contributed by atoms with E-state index in [0.717, 1.165) is 51.1 Å². The number of hydrogen-bond donors (Lipinski definition) is 2. The Morgan fingerprint density at radius 2 is 2.12 bits per heavy atom. The van der Waals surface area contributed by atoms with Crippen molar-refractivity contribution in [1.82, 2.24) is 4.90 Å². The fraction of sp³-hybridized carbons (Fsp3) is 0.917. The molecule has 1 saturated heterocycles. The minimum atomic E-state index is -0.417. The van der Waals surface area contributed by atoms with Crippen LogP contribution in [0.1, 0.15) is 32.6 Å². The van der Waals surface area contributed by atoms with Gasteiger partial charge in [0.05, 0.1) is 18.4 Å². The maximum atomic E-state index is 9.78. The Bertz CT molecular complexity index is 224. The second-order valence-corrected chi connectivity index (χ2v) is 4.55. The van der Waals surface area contributed by atoms with Crippen molar-refractivity contribution in [1.29, 1.82) is 0 Å². The molecule has 0 amide bonds. The van der Waals surface area contributed by atoms with E-state index < -0.39 is 6.10 Å². The van der Waals surface area contributed by atoms with Crippen molar-refractivity contribution in [2.24, 2.45) is 5.16 Å². The van der Waals surface area contributed by atoms with E-state index in [9.17, 15) is 5.11 Å². The van der Waals surface area contributed by atoms with Gasteiger partial charge in [-0.05, 0) is 6.42 Å². The maximum Gasteiger partial charge on any atom is 0.0900 e. The molecule has 0 aliphatic carbocycles. The highest BCUT2D eigenvalue weighted by atomic mass is 16.5. The Balaban J connectivity index is 2.08. The molecule has 5 heteroatoms. The number of nitrogens with zero attached hydrogens (tertiary/aromatic N) is 2. The van der Waals surface area contributed by atoms with Crippen molar-refractivity contribution in [3.05, 3.63) is 0 Å². The number of ether oxygens (including phenoxy) is 1. The van der Waals surface area contributed by atoms with Crippen LogP contribution in [0.15, 0.2) is 5.16 Å². The molecular weight excluding hydrogens is 220 g/mol. The van der Waals surface area contributed by atoms with E-state index in [4.69, 9.17) is 9.94 Å². The largest absolute Gasteiger partial charge is 0.411 e. The number of likely N-dealkylation sites (tertiary alicyclic amines) is 1. The lowest BCUT2D eigenvalue weighted by molar-refractivity contribution is 0.0156. The normalized spacial score (nSPS) is 19.3. The summed E-state index contributed by atoms with van der Waals surface area (Å²) in [5.74, 6) is 0. The number of hydrogen-bond acceptors (Lipinski definition) is 5. The van der Waals surface area contributed by atoms with Gasteiger partial charge in [-0.1, -0.05) is 18.5 Å². The molecule has 1 aliphatic heterocycles. The van der Waals surface area contributed by atoms with Gasteiger partial charge in [-0.3, -0.25) is 4.90 Å². The first kappa shape index (κ1) is 14.4. The molecule has 1 atom stereocenters. The first-order valence-corrected chi connectivity index (χ1v) is 6.44. The standard InChI is InChI=1S/C12H24N2O3/c1-2-3-8-17-10-12(15)9-14-6-4-11(13-16)5-7-14/h12,15-16H,2-10H2,1H3. The number of oxime groups is 1. The number of aliphatic hydroxyl groups excluding tert-OH is 1. The van der Waals surface area contributed by atoms with E-state index >= 15 is 0 Å². The summed E-state index contributed by atoms with van der Waals surface area (Å²) >= 11 is 0. The molecule has 2 N–H and O–H groups in total. The molecule has 0 aromatic heterocycles. The summed E-state index contributed by atoms with van der Waals surface area (Å²) in [5, 5.41) is 21.6. The van der Waals surface area contributed by atoms with Crippen molar-refractivity contribution in [3.8, 4) is 0 Å². The van der Waals surface area contributed by atoms with Crippen LogP contribution in [-0.4, -0.2) is 59.9 Å². The van der Waals surface area contributed by atoms with E-state index in [1.807, 2.05) is 0 Å². The van der Waals surface area contributed by atoms with Gasteiger partial charge in [0.15, 0.2) is 0 Å². The van der Waals surface area contributed by atoms with E-state index in [2.05, 4.69) is 17.0 Å². The van der Waals surface area contributed by atoms with E-state index in [-0.39, 0.29) is 0 Å². The Labute approximate surface area is 103 Å². The summed E-state index contributed by atoms with van der Waals surface area (Å²) in [5.41, 5.74) is 0.856. The molecule has 1 heterocycles. The summed E-state index contributed by atoms with van der Waals surface area (Å²) < 4.78 is 5.38. The van der Waals surface area contributed by atoms with Crippen molar-refractivity contribution < 1.29 is 15.1 Å². The fourth-order valence-corrected chi connectivity index (χ4v) is 1.91. The maximum absolute atomic E-state index is 9.78. The highest BCUT2D eigenvalue weighted by Crippen LogP contribution is 2.07. The number of unbranched alkanes of at least 4 members (excludes halogenated alkanes) is 1. The Kier molecular flexibility index (Phi) is 7.16. The van der Waals surface area contributed by atoms with Gasteiger partial charge < -0.3 is 15.1 Å². The van der Waals surface area contributed by atoms with Crippen molar-refractivity contribution in [2.75, 3.05) is 32.8 Å². The summed E-state index contributed by atoms with van der Waals surface area (Å²) in [6, 6.07) is 0. The lowest BCUT2D eigenvalue weighted by atomic mass is 10.1. The zero-order valence-electron chi connectivity index (χ0n) is 10.6. The second kappa shape index (κ2) is 8.44. The van der Waals surface area contributed by atoms with Crippen LogP contribution in [0, 0.1) is 0 Å². The van der Waals surface area contributed by atoms with Gasteiger partial charge >= 0.3 is 0 Å². The minimum Gasteiger partial charge on any atom is -0.411 e. The Morgan fingerprint density at radius 3 is 2.71 bits per heavy atom. The lowest BCUT2D eigenvalue weighted by Crippen LogP contribution is -2.40. The highest BCUT2D eigenvalue weighted by molar-refractivity contribution is 5.84. The molecule has 0 spiro atoms. The van der Waals surface area contributed by atoms with Gasteiger partial charge in [0.1, 0.15) is 0 Å². The molecule has 0 aromatic rings. The third kappa shape index (κ3) is 6.00. The summed E-state index contributed by atoms with van der Waals surface area (Å²) in [6.07, 6.45) is 3.33. The van der Waals surface area contributed by atoms with E-state index in [1.54, 1.807) is 0 Å². The third-order valence-electron chi connectivity index (χ3n) is 3.00. The Morgan fingerprint density at radius 1 is 1.41 bits per heavy atom. The summed E-state index contributed by atoms with van der Waals surface area (Å²) in [7, 11) is 0. The number of β-amino-alcohol motifs (C(OH)–C–C–N with tert-alkyl or cyclic N) is 1. The lowest BCUT2D eigenvalue weighted by Gasteiger charge is -2.28. The highest BCUT2D eigenvalue weighted by Gasteiger charge is 2.18. The Hall–Kier alpha value is -0.650. The van der Waals surface area contributed by atoms with Gasteiger partial charge in [-0.15, -0.1) is 0 Å². The molecule has 1 rings (SSSR count). The van der Waals surface area contributed by atoms with Crippen LogP contribution in [0.2, 0.25) is 0 Å². The topological polar surface area (TPSA) is 65.3 Å². The summed E-state index contributed by atoms with van der Waals surface area (Å²) in [4.78, 5) is 2.18. The van der Waals surface area contributed by atoms with E-state index in [0.29, 0.717) is 13.2 Å². The van der Waals surface area contributed by atoms with Crippen LogP contribution >= 0.6 is 0 Å². The SMILES string of the molecule is CCCCOCC(O)CN1CCC(=NO)CC1. The molecule has 5 nitrogen and oxygen atoms in total. The first-order valence-electron chi connectivity index (χ1n) is 6.44. The molecule has 0 saturated carbocycles. The quantitative estimate of drug-likeness (QED) is 0.400. The monoisotopic (exact) mass is 244 g/mol. The molecule has 17 heavy (non-hydrogen) atoms. The van der Waals surface area contributed by atoms with Crippen LogP contribution in [-0.2, 0) is 4.74 Å². The molecular formula is C12H24N2O3. The van der Waals surface area contributed by atoms with Crippen molar-refractivity contribution in [2.45, 2.75) is 38.7 Å². The van der Waals surface area contributed by atoms with Gasteiger partial charge in [0, 0.05) is 39.1 Å². The average Bonchev–Trinajstić information content (AvgIpc) is 2.36. The van der Waals surface area contributed by atoms with Gasteiger partial charge in [0.25, 0.3) is 0 Å². The van der Waals surface area contributed by atoms with Crippen LogP contribution < -0.4 is 0 Å². The average molecular weight is 244 g/mol. The molecule has 1 unspecified atom stereocenters. The first-order chi connectivity index (χ1) is 8.26. The van der Waals surface area contributed by atoms with Crippen molar-refractivity contribution in [3.63, 3.8) is 0 Å². The van der Waals surface area contributed by atoms with Gasteiger partial charge in [-0.25, -0.2) is 0 Å². The van der Waals surface area contributed by atoms with Crippen LogP contribution in [0.3, 0.4) is 0 Å². The van der Waals surface area contributed by atoms with Crippen LogP contribution in [0.25, 0.3) is 0 Å². The molecule has 0 aromatic carbocycles. The molecule has 0 bridgehead atoms. The molecule has 0 radical (unpaired) electrons. The second-order valence-electron chi connectivity index (χ2n) is 4.55. The van der Waals surface area contributed by atoms with Crippen LogP contribution in [0.4, 0.5) is 0 Å². The fourth-order valence-electron chi connectivity index (χ4n) is 1.91. The minimum absolute atomic E-state index is 0.414. The zero-order valence-corrected chi connectivity index (χ0v) is 10.6. The van der Waals surface area contributed by atoms with Gasteiger partial charge in [0.2, 0.25) is 0 Å². The predicted octanol–water partition coefficient (Wildman–Crippen LogP) is 1.09. The third-order valence-corrected chi connectivity index (χ3v) is 3.00. The zero-order chi connectivity index (χ0) is 12.5. The van der Waals surface area contributed by atoms with Gasteiger partial charge in [-0.2, -0.15) is 0 Å². The predicted molar refractivity (Wildman–Crippen MR) is 66.6 cm³/mol.